The minimum Gasteiger partial charge on any atom is -0.383 e. The van der Waals surface area contributed by atoms with Crippen LogP contribution < -0.4 is 0 Å². The second-order valence-corrected chi connectivity index (χ2v) is 5.96. The van der Waals surface area contributed by atoms with Gasteiger partial charge < -0.3 is 9.64 Å². The standard InChI is InChI=1S/C15H15ClN2O4S/c1-22-6-5-17(9-11-4-7-23-10-11)15(19)12-2-3-13(16)14(8-12)18(20)21/h2-4,7-8,10H,5-6,9H2,1H3. The number of ether oxygens (including phenoxy) is 1. The van der Waals surface area contributed by atoms with Crippen molar-refractivity contribution in [3.8, 4) is 0 Å². The van der Waals surface area contributed by atoms with Crippen LogP contribution in [-0.2, 0) is 11.3 Å². The highest BCUT2D eigenvalue weighted by molar-refractivity contribution is 7.07. The molecule has 8 heteroatoms. The highest BCUT2D eigenvalue weighted by Crippen LogP contribution is 2.26. The zero-order chi connectivity index (χ0) is 16.8. The van der Waals surface area contributed by atoms with Crippen LogP contribution in [0.2, 0.25) is 5.02 Å². The van der Waals surface area contributed by atoms with Crippen molar-refractivity contribution < 1.29 is 14.5 Å². The molecule has 0 atom stereocenters. The number of thiophene rings is 1. The van der Waals surface area contributed by atoms with Crippen LogP contribution in [0.3, 0.4) is 0 Å². The predicted octanol–water partition coefficient (Wildman–Crippen LogP) is 3.60. The fraction of sp³-hybridized carbons (Fsp3) is 0.267. The van der Waals surface area contributed by atoms with Gasteiger partial charge in [0.2, 0.25) is 0 Å². The molecule has 0 N–H and O–H groups in total. The van der Waals surface area contributed by atoms with Gasteiger partial charge in [-0.3, -0.25) is 14.9 Å². The van der Waals surface area contributed by atoms with Gasteiger partial charge in [-0.2, -0.15) is 11.3 Å². The average Bonchev–Trinajstić information content (AvgIpc) is 3.04. The van der Waals surface area contributed by atoms with E-state index in [1.807, 2.05) is 16.8 Å². The van der Waals surface area contributed by atoms with Crippen molar-refractivity contribution in [2.45, 2.75) is 6.54 Å². The number of carbonyl (C=O) groups is 1. The summed E-state index contributed by atoms with van der Waals surface area (Å²) in [6.07, 6.45) is 0. The first-order valence-corrected chi connectivity index (χ1v) is 8.08. The van der Waals surface area contributed by atoms with E-state index in [2.05, 4.69) is 0 Å². The van der Waals surface area contributed by atoms with Crippen LogP contribution >= 0.6 is 22.9 Å². The van der Waals surface area contributed by atoms with Gasteiger partial charge in [-0.1, -0.05) is 11.6 Å². The van der Waals surface area contributed by atoms with Gasteiger partial charge in [0.25, 0.3) is 11.6 Å². The molecule has 0 saturated heterocycles. The smallest absolute Gasteiger partial charge is 0.288 e. The Bertz CT molecular complexity index is 691. The third kappa shape index (κ3) is 4.51. The SMILES string of the molecule is COCCN(Cc1ccsc1)C(=O)c1ccc(Cl)c([N+](=O)[O-])c1. The predicted molar refractivity (Wildman–Crippen MR) is 89.0 cm³/mol. The van der Waals surface area contributed by atoms with Crippen molar-refractivity contribution >= 4 is 34.5 Å². The van der Waals surface area contributed by atoms with E-state index < -0.39 is 4.92 Å². The summed E-state index contributed by atoms with van der Waals surface area (Å²) in [7, 11) is 1.56. The molecule has 0 unspecified atom stereocenters. The number of rotatable bonds is 7. The third-order valence-electron chi connectivity index (χ3n) is 3.20. The van der Waals surface area contributed by atoms with E-state index in [4.69, 9.17) is 16.3 Å². The highest BCUT2D eigenvalue weighted by atomic mass is 35.5. The van der Waals surface area contributed by atoms with Crippen molar-refractivity contribution in [2.24, 2.45) is 0 Å². The average molecular weight is 355 g/mol. The summed E-state index contributed by atoms with van der Waals surface area (Å²) in [5.74, 6) is -0.298. The molecule has 1 heterocycles. The zero-order valence-electron chi connectivity index (χ0n) is 12.4. The molecule has 1 aromatic heterocycles. The van der Waals surface area contributed by atoms with Gasteiger partial charge in [-0.05, 0) is 34.5 Å². The number of benzene rings is 1. The van der Waals surface area contributed by atoms with E-state index in [-0.39, 0.29) is 22.2 Å². The van der Waals surface area contributed by atoms with Crippen molar-refractivity contribution in [3.63, 3.8) is 0 Å². The van der Waals surface area contributed by atoms with E-state index in [1.54, 1.807) is 23.3 Å². The van der Waals surface area contributed by atoms with E-state index >= 15 is 0 Å². The summed E-state index contributed by atoms with van der Waals surface area (Å²) in [5, 5.41) is 14.9. The molecule has 0 aliphatic rings. The fourth-order valence-electron chi connectivity index (χ4n) is 2.03. The maximum atomic E-state index is 12.7. The molecule has 2 aromatic rings. The van der Waals surface area contributed by atoms with Gasteiger partial charge in [-0.25, -0.2) is 0 Å². The molecular weight excluding hydrogens is 340 g/mol. The maximum Gasteiger partial charge on any atom is 0.288 e. The molecule has 2 rings (SSSR count). The maximum absolute atomic E-state index is 12.7. The first kappa shape index (κ1) is 17.4. The summed E-state index contributed by atoms with van der Waals surface area (Å²) < 4.78 is 5.04. The van der Waals surface area contributed by atoms with Crippen LogP contribution in [0.15, 0.2) is 35.0 Å². The van der Waals surface area contributed by atoms with Crippen LogP contribution in [0, 0.1) is 10.1 Å². The van der Waals surface area contributed by atoms with E-state index in [0.717, 1.165) is 5.56 Å². The molecule has 0 radical (unpaired) electrons. The Hall–Kier alpha value is -1.96. The number of hydrogen-bond donors (Lipinski definition) is 0. The lowest BCUT2D eigenvalue weighted by atomic mass is 10.1. The Morgan fingerprint density at radius 3 is 2.83 bits per heavy atom. The van der Waals surface area contributed by atoms with Gasteiger partial charge in [0, 0.05) is 31.8 Å². The molecule has 1 aromatic carbocycles. The van der Waals surface area contributed by atoms with Crippen LogP contribution in [0.4, 0.5) is 5.69 Å². The molecule has 6 nitrogen and oxygen atoms in total. The van der Waals surface area contributed by atoms with Crippen LogP contribution in [0.1, 0.15) is 15.9 Å². The Labute approximate surface area is 142 Å². The molecule has 0 aliphatic carbocycles. The minimum atomic E-state index is -0.600. The van der Waals surface area contributed by atoms with Crippen molar-refractivity contribution in [2.75, 3.05) is 20.3 Å². The fourth-order valence-corrected chi connectivity index (χ4v) is 2.87. The normalized spacial score (nSPS) is 10.5. The van der Waals surface area contributed by atoms with Crippen LogP contribution in [-0.4, -0.2) is 36.0 Å². The lowest BCUT2D eigenvalue weighted by molar-refractivity contribution is -0.384. The Kier molecular flexibility index (Phi) is 6.09. The van der Waals surface area contributed by atoms with Gasteiger partial charge in [0.1, 0.15) is 5.02 Å². The molecule has 23 heavy (non-hydrogen) atoms. The number of hydrogen-bond acceptors (Lipinski definition) is 5. The van der Waals surface area contributed by atoms with Gasteiger partial charge in [0.05, 0.1) is 11.5 Å². The Balaban J connectivity index is 2.25. The minimum absolute atomic E-state index is 0.00725. The topological polar surface area (TPSA) is 72.7 Å². The molecule has 0 fully saturated rings. The Morgan fingerprint density at radius 1 is 1.43 bits per heavy atom. The number of nitrogens with zero attached hydrogens (tertiary/aromatic N) is 2. The number of halogens is 1. The summed E-state index contributed by atoms with van der Waals surface area (Å²) in [6, 6.07) is 6.00. The molecular formula is C15H15ClN2O4S. The second kappa shape index (κ2) is 8.05. The zero-order valence-corrected chi connectivity index (χ0v) is 14.0. The monoisotopic (exact) mass is 354 g/mol. The molecule has 0 saturated carbocycles. The third-order valence-corrected chi connectivity index (χ3v) is 4.25. The quantitative estimate of drug-likeness (QED) is 0.562. The molecule has 0 bridgehead atoms. The van der Waals surface area contributed by atoms with Gasteiger partial charge in [0.15, 0.2) is 0 Å². The summed E-state index contributed by atoms with van der Waals surface area (Å²) >= 11 is 7.33. The number of amides is 1. The number of nitro groups is 1. The number of methoxy groups -OCH3 is 1. The van der Waals surface area contributed by atoms with E-state index in [1.165, 1.54) is 18.2 Å². The largest absolute Gasteiger partial charge is 0.383 e. The summed E-state index contributed by atoms with van der Waals surface area (Å²) in [5.41, 5.74) is 0.954. The number of nitro benzene ring substituents is 1. The van der Waals surface area contributed by atoms with Crippen molar-refractivity contribution in [1.82, 2.24) is 4.90 Å². The van der Waals surface area contributed by atoms with Crippen molar-refractivity contribution in [1.29, 1.82) is 0 Å². The van der Waals surface area contributed by atoms with Crippen LogP contribution in [0.5, 0.6) is 0 Å². The van der Waals surface area contributed by atoms with Gasteiger partial charge in [-0.15, -0.1) is 0 Å². The molecule has 0 aliphatic heterocycles. The highest BCUT2D eigenvalue weighted by Gasteiger charge is 2.20. The lowest BCUT2D eigenvalue weighted by Crippen LogP contribution is -2.33. The number of carbonyl (C=O) groups excluding carboxylic acids is 1. The Morgan fingerprint density at radius 2 is 2.22 bits per heavy atom. The first-order chi connectivity index (χ1) is 11.0. The van der Waals surface area contributed by atoms with Crippen molar-refractivity contribution in [3.05, 3.63) is 61.3 Å². The first-order valence-electron chi connectivity index (χ1n) is 6.76. The lowest BCUT2D eigenvalue weighted by Gasteiger charge is -2.22. The van der Waals surface area contributed by atoms with E-state index in [0.29, 0.717) is 19.7 Å². The van der Waals surface area contributed by atoms with Crippen LogP contribution in [0.25, 0.3) is 0 Å². The molecule has 122 valence electrons. The molecule has 0 spiro atoms. The van der Waals surface area contributed by atoms with Gasteiger partial charge >= 0.3 is 0 Å². The second-order valence-electron chi connectivity index (χ2n) is 4.77. The van der Waals surface area contributed by atoms with E-state index in [9.17, 15) is 14.9 Å². The summed E-state index contributed by atoms with van der Waals surface area (Å²) in [4.78, 5) is 24.6. The summed E-state index contributed by atoms with van der Waals surface area (Å²) in [6.45, 7) is 1.19. The molecule has 1 amide bonds.